The van der Waals surface area contributed by atoms with Crippen LogP contribution in [0.5, 0.6) is 0 Å². The van der Waals surface area contributed by atoms with Gasteiger partial charge >= 0.3 is 5.97 Å². The molecule has 0 saturated heterocycles. The van der Waals surface area contributed by atoms with Crippen molar-refractivity contribution in [3.05, 3.63) is 48.7 Å². The maximum atomic E-state index is 10.5. The Hall–Kier alpha value is -2.03. The zero-order chi connectivity index (χ0) is 13.0. The Morgan fingerprint density at radius 2 is 2.17 bits per heavy atom. The number of carbonyl (C=O) groups is 1. The van der Waals surface area contributed by atoms with Gasteiger partial charge in [0.05, 0.1) is 0 Å². The molecular weight excluding hydrogens is 226 g/mol. The van der Waals surface area contributed by atoms with Gasteiger partial charge in [0.15, 0.2) is 0 Å². The van der Waals surface area contributed by atoms with Crippen LogP contribution in [0.15, 0.2) is 43.1 Å². The first-order valence-electron chi connectivity index (χ1n) is 6.12. The molecule has 0 bridgehead atoms. The van der Waals surface area contributed by atoms with Crippen molar-refractivity contribution in [3.8, 4) is 0 Å². The maximum absolute atomic E-state index is 10.5. The Morgan fingerprint density at radius 3 is 2.89 bits per heavy atom. The topological polar surface area (TPSA) is 42.2 Å². The van der Waals surface area contributed by atoms with Gasteiger partial charge in [-0.1, -0.05) is 24.3 Å². The van der Waals surface area contributed by atoms with Crippen molar-refractivity contribution in [1.82, 2.24) is 4.57 Å². The number of benzene rings is 1. The highest BCUT2D eigenvalue weighted by Crippen LogP contribution is 2.22. The number of nitrogens with zero attached hydrogens (tertiary/aromatic N) is 1. The van der Waals surface area contributed by atoms with Crippen LogP contribution in [0.3, 0.4) is 0 Å². The Bertz CT molecular complexity index is 569. The summed E-state index contributed by atoms with van der Waals surface area (Å²) in [6, 6.07) is 8.20. The van der Waals surface area contributed by atoms with Crippen LogP contribution in [-0.2, 0) is 17.8 Å². The highest BCUT2D eigenvalue weighted by atomic mass is 16.4. The zero-order valence-electron chi connectivity index (χ0n) is 10.3. The molecule has 0 amide bonds. The van der Waals surface area contributed by atoms with E-state index in [2.05, 4.69) is 29.5 Å². The molecule has 0 aliphatic carbocycles. The normalized spacial score (nSPS) is 10.7. The molecule has 1 aromatic heterocycles. The van der Waals surface area contributed by atoms with Crippen LogP contribution in [0.2, 0.25) is 0 Å². The monoisotopic (exact) mass is 243 g/mol. The van der Waals surface area contributed by atoms with Crippen LogP contribution in [0, 0.1) is 0 Å². The number of allylic oxidation sites excluding steroid dienone is 1. The zero-order valence-corrected chi connectivity index (χ0v) is 10.3. The van der Waals surface area contributed by atoms with Crippen LogP contribution in [0.1, 0.15) is 18.4 Å². The summed E-state index contributed by atoms with van der Waals surface area (Å²) in [7, 11) is 0. The number of carboxylic acid groups (broad SMARTS) is 1. The van der Waals surface area contributed by atoms with Gasteiger partial charge in [0.1, 0.15) is 0 Å². The van der Waals surface area contributed by atoms with Gasteiger partial charge < -0.3 is 9.67 Å². The van der Waals surface area contributed by atoms with Gasteiger partial charge in [-0.3, -0.25) is 4.79 Å². The van der Waals surface area contributed by atoms with Gasteiger partial charge in [0.25, 0.3) is 0 Å². The first kappa shape index (κ1) is 12.4. The minimum atomic E-state index is -0.732. The molecule has 0 saturated carbocycles. The van der Waals surface area contributed by atoms with E-state index < -0.39 is 5.97 Å². The van der Waals surface area contributed by atoms with Crippen LogP contribution < -0.4 is 0 Å². The summed E-state index contributed by atoms with van der Waals surface area (Å²) in [6.45, 7) is 4.54. The molecule has 1 N–H and O–H groups in total. The van der Waals surface area contributed by atoms with Crippen molar-refractivity contribution < 1.29 is 9.90 Å². The second-order valence-electron chi connectivity index (χ2n) is 4.36. The van der Waals surface area contributed by atoms with Crippen LogP contribution in [0.4, 0.5) is 0 Å². The van der Waals surface area contributed by atoms with E-state index in [0.29, 0.717) is 6.42 Å². The molecule has 1 aromatic carbocycles. The van der Waals surface area contributed by atoms with Gasteiger partial charge in [0, 0.05) is 30.1 Å². The van der Waals surface area contributed by atoms with Crippen molar-refractivity contribution in [3.63, 3.8) is 0 Å². The highest BCUT2D eigenvalue weighted by molar-refractivity contribution is 5.84. The van der Waals surface area contributed by atoms with Crippen molar-refractivity contribution in [2.24, 2.45) is 0 Å². The lowest BCUT2D eigenvalue weighted by Gasteiger charge is -1.99. The molecule has 0 aliphatic heterocycles. The highest BCUT2D eigenvalue weighted by Gasteiger charge is 2.07. The number of hydrogen-bond donors (Lipinski definition) is 1. The smallest absolute Gasteiger partial charge is 0.303 e. The molecule has 3 heteroatoms. The number of aryl methyl sites for hydroxylation is 1. The standard InChI is InChI=1S/C15H17NO2/c1-2-10-16-11-12(6-5-9-15(17)18)13-7-3-4-8-14(13)16/h2-4,7-8,11H,1,5-6,9-10H2,(H,17,18). The molecule has 0 fully saturated rings. The summed E-state index contributed by atoms with van der Waals surface area (Å²) >= 11 is 0. The Kier molecular flexibility index (Phi) is 3.82. The van der Waals surface area contributed by atoms with Gasteiger partial charge in [-0.05, 0) is 24.5 Å². The summed E-state index contributed by atoms with van der Waals surface area (Å²) in [5.74, 6) is -0.732. The SMILES string of the molecule is C=CCn1cc(CCCC(=O)O)c2ccccc21. The molecule has 3 nitrogen and oxygen atoms in total. The molecule has 2 rings (SSSR count). The van der Waals surface area contributed by atoms with Crippen LogP contribution >= 0.6 is 0 Å². The molecule has 0 spiro atoms. The molecular formula is C15H17NO2. The molecule has 0 atom stereocenters. The fourth-order valence-electron chi connectivity index (χ4n) is 2.24. The first-order chi connectivity index (χ1) is 8.72. The van der Waals surface area contributed by atoms with E-state index in [-0.39, 0.29) is 6.42 Å². The number of carboxylic acids is 1. The predicted octanol–water partition coefficient (Wildman–Crippen LogP) is 3.23. The van der Waals surface area contributed by atoms with Crippen molar-refractivity contribution in [2.75, 3.05) is 0 Å². The van der Waals surface area contributed by atoms with Crippen molar-refractivity contribution in [2.45, 2.75) is 25.8 Å². The summed E-state index contributed by atoms with van der Waals surface area (Å²) in [4.78, 5) is 10.5. The average Bonchev–Trinajstić information content (AvgIpc) is 2.69. The Balaban J connectivity index is 2.26. The summed E-state index contributed by atoms with van der Waals surface area (Å²) in [6.07, 6.45) is 5.68. The number of hydrogen-bond acceptors (Lipinski definition) is 1. The number of para-hydroxylation sites is 1. The number of rotatable bonds is 6. The maximum Gasteiger partial charge on any atom is 0.303 e. The van der Waals surface area contributed by atoms with Crippen LogP contribution in [0.25, 0.3) is 10.9 Å². The summed E-state index contributed by atoms with van der Waals surface area (Å²) < 4.78 is 2.15. The lowest BCUT2D eigenvalue weighted by molar-refractivity contribution is -0.137. The molecule has 18 heavy (non-hydrogen) atoms. The van der Waals surface area contributed by atoms with E-state index in [4.69, 9.17) is 5.11 Å². The predicted molar refractivity (Wildman–Crippen MR) is 72.7 cm³/mol. The van der Waals surface area contributed by atoms with Gasteiger partial charge in [-0.25, -0.2) is 0 Å². The lowest BCUT2D eigenvalue weighted by atomic mass is 10.1. The lowest BCUT2D eigenvalue weighted by Crippen LogP contribution is -1.95. The molecule has 1 heterocycles. The van der Waals surface area contributed by atoms with E-state index in [0.717, 1.165) is 13.0 Å². The van der Waals surface area contributed by atoms with E-state index in [1.165, 1.54) is 16.5 Å². The Morgan fingerprint density at radius 1 is 1.39 bits per heavy atom. The average molecular weight is 243 g/mol. The van der Waals surface area contributed by atoms with E-state index in [1.807, 2.05) is 18.2 Å². The minimum Gasteiger partial charge on any atom is -0.481 e. The second-order valence-corrected chi connectivity index (χ2v) is 4.36. The van der Waals surface area contributed by atoms with Gasteiger partial charge in [-0.15, -0.1) is 6.58 Å². The Labute approximate surface area is 106 Å². The summed E-state index contributed by atoms with van der Waals surface area (Å²) in [5, 5.41) is 9.89. The fourth-order valence-corrected chi connectivity index (χ4v) is 2.24. The molecule has 0 aliphatic rings. The molecule has 0 unspecified atom stereocenters. The largest absolute Gasteiger partial charge is 0.481 e. The van der Waals surface area contributed by atoms with Crippen molar-refractivity contribution in [1.29, 1.82) is 0 Å². The molecule has 94 valence electrons. The molecule has 2 aromatic rings. The van der Waals surface area contributed by atoms with E-state index in [9.17, 15) is 4.79 Å². The second kappa shape index (κ2) is 5.54. The number of fused-ring (bicyclic) bond motifs is 1. The third-order valence-electron chi connectivity index (χ3n) is 3.03. The first-order valence-corrected chi connectivity index (χ1v) is 6.12. The third-order valence-corrected chi connectivity index (χ3v) is 3.03. The van der Waals surface area contributed by atoms with E-state index in [1.54, 1.807) is 0 Å². The van der Waals surface area contributed by atoms with E-state index >= 15 is 0 Å². The number of aliphatic carboxylic acids is 1. The van der Waals surface area contributed by atoms with Crippen LogP contribution in [-0.4, -0.2) is 15.6 Å². The molecule has 0 radical (unpaired) electrons. The van der Waals surface area contributed by atoms with Crippen molar-refractivity contribution >= 4 is 16.9 Å². The fraction of sp³-hybridized carbons (Fsp3) is 0.267. The number of aromatic nitrogens is 1. The summed E-state index contributed by atoms with van der Waals surface area (Å²) in [5.41, 5.74) is 2.40. The van der Waals surface area contributed by atoms with Gasteiger partial charge in [-0.2, -0.15) is 0 Å². The minimum absolute atomic E-state index is 0.223. The quantitative estimate of drug-likeness (QED) is 0.791. The third kappa shape index (κ3) is 2.62. The van der Waals surface area contributed by atoms with Gasteiger partial charge in [0.2, 0.25) is 0 Å².